The summed E-state index contributed by atoms with van der Waals surface area (Å²) in [5, 5.41) is 2.97. The van der Waals surface area contributed by atoms with Crippen LogP contribution in [0.1, 0.15) is 49.1 Å². The highest BCUT2D eigenvalue weighted by Gasteiger charge is 2.28. The lowest BCUT2D eigenvalue weighted by Gasteiger charge is -2.25. The Bertz CT molecular complexity index is 1060. The summed E-state index contributed by atoms with van der Waals surface area (Å²) in [6.45, 7) is 3.95. The highest BCUT2D eigenvalue weighted by molar-refractivity contribution is 6.05. The number of anilines is 1. The Morgan fingerprint density at radius 2 is 1.79 bits per heavy atom. The van der Waals surface area contributed by atoms with Crippen LogP contribution in [0.4, 0.5) is 5.69 Å². The molecule has 3 aromatic carbocycles. The predicted octanol–water partition coefficient (Wildman–Crippen LogP) is 5.01. The molecule has 0 bridgehead atoms. The minimum Gasteiger partial charge on any atom is -0.454 e. The summed E-state index contributed by atoms with van der Waals surface area (Å²) in [7, 11) is 0. The van der Waals surface area contributed by atoms with Crippen LogP contribution in [0.15, 0.2) is 66.7 Å². The molecule has 1 N–H and O–H groups in total. The van der Waals surface area contributed by atoms with Crippen molar-refractivity contribution in [2.75, 3.05) is 5.32 Å². The van der Waals surface area contributed by atoms with Gasteiger partial charge in [-0.3, -0.25) is 4.79 Å². The van der Waals surface area contributed by atoms with Gasteiger partial charge in [-0.05, 0) is 60.4 Å². The third-order valence-corrected chi connectivity index (χ3v) is 5.05. The smallest absolute Gasteiger partial charge is 0.339 e. The number of esters is 1. The average molecular weight is 371 g/mol. The van der Waals surface area contributed by atoms with Gasteiger partial charge in [-0.25, -0.2) is 4.79 Å². The van der Waals surface area contributed by atoms with Gasteiger partial charge in [0.1, 0.15) is 6.10 Å². The average Bonchev–Trinajstić information content (AvgIpc) is 2.71. The molecule has 1 amide bonds. The Labute approximate surface area is 164 Å². The number of hydrogen-bond donors (Lipinski definition) is 1. The number of carbonyl (C=O) groups excluding carboxylic acids is 2. The van der Waals surface area contributed by atoms with Crippen molar-refractivity contribution >= 4 is 17.6 Å². The highest BCUT2D eigenvalue weighted by atomic mass is 16.5. The molecule has 1 aliphatic rings. The number of amides is 1. The van der Waals surface area contributed by atoms with Gasteiger partial charge in [0.15, 0.2) is 0 Å². The molecule has 1 aliphatic heterocycles. The minimum absolute atomic E-state index is 0.188. The standard InChI is InChI=1S/C24H21NO3/c1-15-8-9-16(2)21(12-15)25-23(26)18-10-11-20-19(13-18)14-22(28-24(20)27)17-6-4-3-5-7-17/h3-13,22H,14H2,1-2H3,(H,25,26). The number of benzene rings is 3. The molecular formula is C24H21NO3. The van der Waals surface area contributed by atoms with E-state index in [1.54, 1.807) is 18.2 Å². The van der Waals surface area contributed by atoms with Crippen LogP contribution in [-0.4, -0.2) is 11.9 Å². The van der Waals surface area contributed by atoms with Crippen molar-refractivity contribution in [2.24, 2.45) is 0 Å². The molecule has 0 aliphatic carbocycles. The Balaban J connectivity index is 1.60. The van der Waals surface area contributed by atoms with Gasteiger partial charge in [-0.1, -0.05) is 42.5 Å². The molecule has 28 heavy (non-hydrogen) atoms. The van der Waals surface area contributed by atoms with E-state index in [0.717, 1.165) is 27.9 Å². The van der Waals surface area contributed by atoms with E-state index in [1.165, 1.54) is 0 Å². The van der Waals surface area contributed by atoms with E-state index < -0.39 is 0 Å². The van der Waals surface area contributed by atoms with Gasteiger partial charge in [0.25, 0.3) is 5.91 Å². The molecule has 3 aromatic rings. The number of aryl methyl sites for hydroxylation is 2. The Morgan fingerprint density at radius 1 is 1.00 bits per heavy atom. The van der Waals surface area contributed by atoms with Gasteiger partial charge >= 0.3 is 5.97 Å². The zero-order valence-electron chi connectivity index (χ0n) is 15.9. The molecule has 1 atom stereocenters. The second-order valence-corrected chi connectivity index (χ2v) is 7.15. The first-order valence-electron chi connectivity index (χ1n) is 9.29. The van der Waals surface area contributed by atoms with Crippen LogP contribution in [0, 0.1) is 13.8 Å². The van der Waals surface area contributed by atoms with E-state index in [-0.39, 0.29) is 18.0 Å². The van der Waals surface area contributed by atoms with Gasteiger partial charge in [-0.15, -0.1) is 0 Å². The molecule has 140 valence electrons. The third-order valence-electron chi connectivity index (χ3n) is 5.05. The molecule has 0 saturated carbocycles. The minimum atomic E-state index is -0.350. The second-order valence-electron chi connectivity index (χ2n) is 7.15. The molecule has 0 saturated heterocycles. The summed E-state index contributed by atoms with van der Waals surface area (Å²) in [6, 6.07) is 20.8. The lowest BCUT2D eigenvalue weighted by Crippen LogP contribution is -2.23. The zero-order chi connectivity index (χ0) is 19.7. The number of ether oxygens (including phenoxy) is 1. The molecule has 4 heteroatoms. The van der Waals surface area contributed by atoms with Crippen molar-refractivity contribution in [3.63, 3.8) is 0 Å². The van der Waals surface area contributed by atoms with Gasteiger partial charge in [0.05, 0.1) is 5.56 Å². The Hall–Kier alpha value is -3.40. The molecule has 1 heterocycles. The van der Waals surface area contributed by atoms with Crippen molar-refractivity contribution in [3.05, 3.63) is 100 Å². The summed E-state index contributed by atoms with van der Waals surface area (Å²) in [5.74, 6) is -0.539. The molecule has 4 nitrogen and oxygen atoms in total. The summed E-state index contributed by atoms with van der Waals surface area (Å²) in [6.07, 6.45) is 0.217. The molecule has 4 rings (SSSR count). The van der Waals surface area contributed by atoms with E-state index in [2.05, 4.69) is 5.32 Å². The van der Waals surface area contributed by atoms with Gasteiger partial charge in [0.2, 0.25) is 0 Å². The lowest BCUT2D eigenvalue weighted by atomic mass is 9.93. The topological polar surface area (TPSA) is 55.4 Å². The highest BCUT2D eigenvalue weighted by Crippen LogP contribution is 2.31. The second kappa shape index (κ2) is 7.31. The van der Waals surface area contributed by atoms with Crippen LogP contribution < -0.4 is 5.32 Å². The molecule has 0 aromatic heterocycles. The summed E-state index contributed by atoms with van der Waals surface area (Å²) in [5.41, 5.74) is 5.72. The third kappa shape index (κ3) is 3.54. The van der Waals surface area contributed by atoms with Crippen molar-refractivity contribution in [1.29, 1.82) is 0 Å². The number of fused-ring (bicyclic) bond motifs is 1. The molecule has 1 unspecified atom stereocenters. The first-order valence-corrected chi connectivity index (χ1v) is 9.29. The predicted molar refractivity (Wildman–Crippen MR) is 109 cm³/mol. The quantitative estimate of drug-likeness (QED) is 0.659. The summed E-state index contributed by atoms with van der Waals surface area (Å²) >= 11 is 0. The van der Waals surface area contributed by atoms with E-state index in [1.807, 2.05) is 62.4 Å². The number of rotatable bonds is 3. The summed E-state index contributed by atoms with van der Waals surface area (Å²) in [4.78, 5) is 25.2. The van der Waals surface area contributed by atoms with Gasteiger partial charge in [0, 0.05) is 17.7 Å². The van der Waals surface area contributed by atoms with Crippen molar-refractivity contribution < 1.29 is 14.3 Å². The zero-order valence-corrected chi connectivity index (χ0v) is 15.9. The Morgan fingerprint density at radius 3 is 2.57 bits per heavy atom. The van der Waals surface area contributed by atoms with Crippen LogP contribution in [0.5, 0.6) is 0 Å². The molecule has 0 radical (unpaired) electrons. The maximum absolute atomic E-state index is 12.8. The lowest BCUT2D eigenvalue weighted by molar-refractivity contribution is 0.0252. The van der Waals surface area contributed by atoms with E-state index in [9.17, 15) is 9.59 Å². The molecule has 0 spiro atoms. The van der Waals surface area contributed by atoms with Crippen LogP contribution in [0.25, 0.3) is 0 Å². The first-order chi connectivity index (χ1) is 13.5. The largest absolute Gasteiger partial charge is 0.454 e. The monoisotopic (exact) mass is 371 g/mol. The van der Waals surface area contributed by atoms with Crippen LogP contribution in [-0.2, 0) is 11.2 Å². The van der Waals surface area contributed by atoms with E-state index in [4.69, 9.17) is 4.74 Å². The van der Waals surface area contributed by atoms with Crippen molar-refractivity contribution in [2.45, 2.75) is 26.4 Å². The fraction of sp³-hybridized carbons (Fsp3) is 0.167. The number of cyclic esters (lactones) is 1. The maximum Gasteiger partial charge on any atom is 0.339 e. The van der Waals surface area contributed by atoms with Crippen LogP contribution in [0.2, 0.25) is 0 Å². The SMILES string of the molecule is Cc1ccc(C)c(NC(=O)c2ccc3c(c2)CC(c2ccccc2)OC3=O)c1. The number of nitrogens with one attached hydrogen (secondary N) is 1. The first kappa shape index (κ1) is 18.0. The van der Waals surface area contributed by atoms with Crippen molar-refractivity contribution in [1.82, 2.24) is 0 Å². The maximum atomic E-state index is 12.8. The van der Waals surface area contributed by atoms with Crippen LogP contribution in [0.3, 0.4) is 0 Å². The van der Waals surface area contributed by atoms with Crippen LogP contribution >= 0.6 is 0 Å². The summed E-state index contributed by atoms with van der Waals surface area (Å²) < 4.78 is 5.58. The molecular weight excluding hydrogens is 350 g/mol. The number of hydrogen-bond acceptors (Lipinski definition) is 3. The number of carbonyl (C=O) groups is 2. The van der Waals surface area contributed by atoms with Gasteiger partial charge < -0.3 is 10.1 Å². The van der Waals surface area contributed by atoms with E-state index >= 15 is 0 Å². The van der Waals surface area contributed by atoms with Crippen molar-refractivity contribution in [3.8, 4) is 0 Å². The fourth-order valence-corrected chi connectivity index (χ4v) is 3.46. The fourth-order valence-electron chi connectivity index (χ4n) is 3.46. The van der Waals surface area contributed by atoms with E-state index in [0.29, 0.717) is 17.5 Å². The normalized spacial score (nSPS) is 15.5. The van der Waals surface area contributed by atoms with Gasteiger partial charge in [-0.2, -0.15) is 0 Å². The molecule has 0 fully saturated rings. The Kier molecular flexibility index (Phi) is 4.70.